The normalized spacial score (nSPS) is 11.3. The van der Waals surface area contributed by atoms with Crippen molar-refractivity contribution >= 4 is 11.9 Å². The minimum atomic E-state index is 0.190. The summed E-state index contributed by atoms with van der Waals surface area (Å²) in [4.78, 5) is 11.1. The van der Waals surface area contributed by atoms with Crippen molar-refractivity contribution in [1.29, 1.82) is 0 Å². The third-order valence-electron chi connectivity index (χ3n) is 1.98. The van der Waals surface area contributed by atoms with Gasteiger partial charge in [0.05, 0.1) is 0 Å². The molecular formula is C14H16O. The molecule has 0 atom stereocenters. The van der Waals surface area contributed by atoms with Gasteiger partial charge in [0.1, 0.15) is 0 Å². The highest BCUT2D eigenvalue weighted by atomic mass is 16.1. The Kier molecular flexibility index (Phi) is 5.16. The summed E-state index contributed by atoms with van der Waals surface area (Å²) in [6.07, 6.45) is 8.84. The second-order valence-electron chi connectivity index (χ2n) is 3.35. The van der Waals surface area contributed by atoms with Crippen molar-refractivity contribution < 1.29 is 4.79 Å². The Balaban J connectivity index is 2.43. The van der Waals surface area contributed by atoms with Gasteiger partial charge in [-0.15, -0.1) is 0 Å². The van der Waals surface area contributed by atoms with Crippen molar-refractivity contribution in [2.45, 2.75) is 19.8 Å². The van der Waals surface area contributed by atoms with Crippen LogP contribution in [0.25, 0.3) is 6.08 Å². The smallest absolute Gasteiger partial charge is 0.155 e. The van der Waals surface area contributed by atoms with Crippen molar-refractivity contribution in [1.82, 2.24) is 0 Å². The van der Waals surface area contributed by atoms with Crippen LogP contribution in [0.4, 0.5) is 0 Å². The first-order valence-electron chi connectivity index (χ1n) is 5.25. The van der Waals surface area contributed by atoms with Crippen LogP contribution in [0.1, 0.15) is 25.3 Å². The topological polar surface area (TPSA) is 17.1 Å². The van der Waals surface area contributed by atoms with E-state index in [1.807, 2.05) is 49.4 Å². The van der Waals surface area contributed by atoms with Gasteiger partial charge in [0, 0.05) is 6.42 Å². The third-order valence-corrected chi connectivity index (χ3v) is 1.98. The van der Waals surface area contributed by atoms with E-state index in [-0.39, 0.29) is 5.78 Å². The minimum absolute atomic E-state index is 0.190. The lowest BCUT2D eigenvalue weighted by atomic mass is 10.2. The van der Waals surface area contributed by atoms with E-state index in [1.54, 1.807) is 12.2 Å². The average molecular weight is 200 g/mol. The van der Waals surface area contributed by atoms with E-state index in [0.29, 0.717) is 6.42 Å². The molecule has 15 heavy (non-hydrogen) atoms. The van der Waals surface area contributed by atoms with Gasteiger partial charge in [-0.05, 0) is 18.1 Å². The Labute approximate surface area is 91.1 Å². The highest BCUT2D eigenvalue weighted by Gasteiger charge is 1.90. The number of hydrogen-bond acceptors (Lipinski definition) is 1. The van der Waals surface area contributed by atoms with Gasteiger partial charge in [0.25, 0.3) is 0 Å². The van der Waals surface area contributed by atoms with Crippen molar-refractivity contribution in [2.75, 3.05) is 0 Å². The van der Waals surface area contributed by atoms with E-state index < -0.39 is 0 Å². The van der Waals surface area contributed by atoms with Crippen LogP contribution in [0.3, 0.4) is 0 Å². The number of hydrogen-bond donors (Lipinski definition) is 0. The van der Waals surface area contributed by atoms with Gasteiger partial charge in [0.15, 0.2) is 5.78 Å². The molecule has 1 rings (SSSR count). The number of carbonyl (C=O) groups excluding carboxylic acids is 1. The largest absolute Gasteiger partial charge is 0.295 e. The van der Waals surface area contributed by atoms with E-state index in [9.17, 15) is 4.79 Å². The molecule has 1 aromatic carbocycles. The van der Waals surface area contributed by atoms with Crippen molar-refractivity contribution in [2.24, 2.45) is 0 Å². The monoisotopic (exact) mass is 200 g/mol. The molecule has 0 bridgehead atoms. The maximum Gasteiger partial charge on any atom is 0.155 e. The summed E-state index contributed by atoms with van der Waals surface area (Å²) in [7, 11) is 0. The zero-order valence-electron chi connectivity index (χ0n) is 9.02. The number of benzene rings is 1. The molecule has 0 heterocycles. The molecule has 1 nitrogen and oxygen atoms in total. The molecule has 0 aliphatic heterocycles. The van der Waals surface area contributed by atoms with Gasteiger partial charge in [-0.3, -0.25) is 4.79 Å². The zero-order valence-corrected chi connectivity index (χ0v) is 9.02. The molecule has 0 amide bonds. The summed E-state index contributed by atoms with van der Waals surface area (Å²) in [6.45, 7) is 2.01. The quantitative estimate of drug-likeness (QED) is 0.524. The standard InChI is InChI=1S/C14H16O/c1-2-8-14(15)12-7-6-11-13-9-4-3-5-10-13/h3-7,9-12H,2,8H2,1H3. The Hall–Kier alpha value is -1.63. The van der Waals surface area contributed by atoms with Crippen LogP contribution in [0.15, 0.2) is 48.6 Å². The molecule has 0 radical (unpaired) electrons. The van der Waals surface area contributed by atoms with Crippen LogP contribution < -0.4 is 0 Å². The molecule has 0 spiro atoms. The van der Waals surface area contributed by atoms with Gasteiger partial charge in [-0.1, -0.05) is 55.5 Å². The molecule has 0 saturated carbocycles. The van der Waals surface area contributed by atoms with Crippen LogP contribution in [0, 0.1) is 0 Å². The predicted octanol–water partition coefficient (Wildman–Crippen LogP) is 3.63. The second kappa shape index (κ2) is 6.77. The highest BCUT2D eigenvalue weighted by molar-refractivity contribution is 5.89. The number of allylic oxidation sites excluding steroid dienone is 3. The molecule has 78 valence electrons. The van der Waals surface area contributed by atoms with Gasteiger partial charge < -0.3 is 0 Å². The molecule has 0 aliphatic rings. The summed E-state index contributed by atoms with van der Waals surface area (Å²) in [5.41, 5.74) is 1.14. The van der Waals surface area contributed by atoms with Crippen molar-refractivity contribution in [3.05, 3.63) is 54.1 Å². The third kappa shape index (κ3) is 4.96. The lowest BCUT2D eigenvalue weighted by Crippen LogP contribution is -1.88. The summed E-state index contributed by atoms with van der Waals surface area (Å²) in [5, 5.41) is 0. The number of rotatable bonds is 5. The molecule has 0 fully saturated rings. The maximum absolute atomic E-state index is 11.1. The van der Waals surface area contributed by atoms with Crippen LogP contribution in [-0.2, 0) is 4.79 Å². The van der Waals surface area contributed by atoms with Gasteiger partial charge in [-0.25, -0.2) is 0 Å². The zero-order chi connectivity index (χ0) is 10.9. The van der Waals surface area contributed by atoms with Gasteiger partial charge >= 0.3 is 0 Å². The minimum Gasteiger partial charge on any atom is -0.295 e. The number of ketones is 1. The Morgan fingerprint density at radius 1 is 1.20 bits per heavy atom. The lowest BCUT2D eigenvalue weighted by molar-refractivity contribution is -0.114. The fourth-order valence-corrected chi connectivity index (χ4v) is 1.22. The predicted molar refractivity (Wildman–Crippen MR) is 64.5 cm³/mol. The summed E-state index contributed by atoms with van der Waals surface area (Å²) in [5.74, 6) is 0.190. The first-order chi connectivity index (χ1) is 7.33. The Morgan fingerprint density at radius 3 is 2.60 bits per heavy atom. The molecular weight excluding hydrogens is 184 g/mol. The van der Waals surface area contributed by atoms with E-state index in [0.717, 1.165) is 12.0 Å². The van der Waals surface area contributed by atoms with Crippen LogP contribution in [0.5, 0.6) is 0 Å². The van der Waals surface area contributed by atoms with E-state index in [2.05, 4.69) is 0 Å². The Bertz CT molecular complexity index is 347. The summed E-state index contributed by atoms with van der Waals surface area (Å²) < 4.78 is 0. The second-order valence-corrected chi connectivity index (χ2v) is 3.35. The van der Waals surface area contributed by atoms with E-state index in [4.69, 9.17) is 0 Å². The van der Waals surface area contributed by atoms with Crippen molar-refractivity contribution in [3.63, 3.8) is 0 Å². The van der Waals surface area contributed by atoms with E-state index in [1.165, 1.54) is 0 Å². The van der Waals surface area contributed by atoms with Crippen LogP contribution in [-0.4, -0.2) is 5.78 Å². The molecule has 0 unspecified atom stereocenters. The average Bonchev–Trinajstić information content (AvgIpc) is 2.26. The first kappa shape index (κ1) is 11.4. The van der Waals surface area contributed by atoms with Crippen LogP contribution >= 0.6 is 0 Å². The molecule has 0 aliphatic carbocycles. The summed E-state index contributed by atoms with van der Waals surface area (Å²) in [6, 6.07) is 10.0. The van der Waals surface area contributed by atoms with E-state index >= 15 is 0 Å². The van der Waals surface area contributed by atoms with Crippen LogP contribution in [0.2, 0.25) is 0 Å². The fraction of sp³-hybridized carbons (Fsp3) is 0.214. The van der Waals surface area contributed by atoms with Gasteiger partial charge in [0.2, 0.25) is 0 Å². The van der Waals surface area contributed by atoms with Crippen molar-refractivity contribution in [3.8, 4) is 0 Å². The van der Waals surface area contributed by atoms with Gasteiger partial charge in [-0.2, -0.15) is 0 Å². The Morgan fingerprint density at radius 2 is 1.93 bits per heavy atom. The molecule has 0 saturated heterocycles. The molecule has 0 N–H and O–H groups in total. The summed E-state index contributed by atoms with van der Waals surface area (Å²) >= 11 is 0. The molecule has 1 heteroatoms. The number of carbonyl (C=O) groups is 1. The first-order valence-corrected chi connectivity index (χ1v) is 5.25. The molecule has 1 aromatic rings. The maximum atomic E-state index is 11.1. The SMILES string of the molecule is CCCC(=O)C=CC=Cc1ccccc1. The highest BCUT2D eigenvalue weighted by Crippen LogP contribution is 2.01. The fourth-order valence-electron chi connectivity index (χ4n) is 1.22. The lowest BCUT2D eigenvalue weighted by Gasteiger charge is -1.89. The molecule has 0 aromatic heterocycles.